The number of anilines is 2. The Labute approximate surface area is 166 Å². The quantitative estimate of drug-likeness (QED) is 0.710. The number of nitrogens with zero attached hydrogens (tertiary/aromatic N) is 1. The number of rotatable bonds is 7. The molecule has 2 rings (SSSR count). The maximum absolute atomic E-state index is 12.3. The third kappa shape index (κ3) is 6.83. The molecule has 0 saturated heterocycles. The van der Waals surface area contributed by atoms with Crippen molar-refractivity contribution < 1.29 is 14.3 Å². The molecule has 0 radical (unpaired) electrons. The van der Waals surface area contributed by atoms with Crippen molar-refractivity contribution in [1.82, 2.24) is 4.90 Å². The van der Waals surface area contributed by atoms with Crippen LogP contribution in [0.4, 0.5) is 11.4 Å². The molecular formula is C20H26ClN3O3. The first kappa shape index (κ1) is 22.3. The average Bonchev–Trinajstić information content (AvgIpc) is 2.60. The van der Waals surface area contributed by atoms with Crippen molar-refractivity contribution in [1.29, 1.82) is 0 Å². The second kappa shape index (κ2) is 10.4. The average molecular weight is 392 g/mol. The first-order chi connectivity index (χ1) is 12.4. The van der Waals surface area contributed by atoms with E-state index in [0.29, 0.717) is 30.0 Å². The minimum atomic E-state index is -0.150. The van der Waals surface area contributed by atoms with E-state index in [-0.39, 0.29) is 30.8 Å². The van der Waals surface area contributed by atoms with Gasteiger partial charge in [0.05, 0.1) is 5.69 Å². The van der Waals surface area contributed by atoms with Crippen LogP contribution >= 0.6 is 12.4 Å². The van der Waals surface area contributed by atoms with E-state index in [0.717, 1.165) is 11.1 Å². The Morgan fingerprint density at radius 2 is 1.85 bits per heavy atom. The summed E-state index contributed by atoms with van der Waals surface area (Å²) < 4.78 is 5.60. The number of benzene rings is 2. The Bertz CT molecular complexity index is 794. The van der Waals surface area contributed by atoms with Gasteiger partial charge < -0.3 is 20.7 Å². The molecule has 0 saturated carbocycles. The van der Waals surface area contributed by atoms with Gasteiger partial charge in [-0.1, -0.05) is 24.3 Å². The Hall–Kier alpha value is -2.73. The van der Waals surface area contributed by atoms with Crippen LogP contribution in [0.5, 0.6) is 5.75 Å². The molecule has 0 aliphatic heterocycles. The number of carbonyl (C=O) groups excluding carboxylic acids is 2. The van der Waals surface area contributed by atoms with Gasteiger partial charge in [-0.15, -0.1) is 12.4 Å². The molecule has 0 unspecified atom stereocenters. The summed E-state index contributed by atoms with van der Waals surface area (Å²) in [4.78, 5) is 25.5. The summed E-state index contributed by atoms with van der Waals surface area (Å²) in [6.45, 7) is 1.84. The van der Waals surface area contributed by atoms with Crippen molar-refractivity contribution in [2.45, 2.75) is 19.8 Å². The fraction of sp³-hybridized carbons (Fsp3) is 0.300. The molecule has 2 aromatic carbocycles. The highest BCUT2D eigenvalue weighted by Gasteiger charge is 2.12. The van der Waals surface area contributed by atoms with Crippen LogP contribution in [0, 0.1) is 6.92 Å². The number of nitrogen functional groups attached to an aromatic ring is 1. The van der Waals surface area contributed by atoms with E-state index in [1.54, 1.807) is 26.2 Å². The van der Waals surface area contributed by atoms with Crippen molar-refractivity contribution in [3.05, 3.63) is 53.6 Å². The largest absolute Gasteiger partial charge is 0.482 e. The molecule has 2 amide bonds. The number of aryl methyl sites for hydroxylation is 2. The van der Waals surface area contributed by atoms with Gasteiger partial charge in [-0.25, -0.2) is 0 Å². The van der Waals surface area contributed by atoms with Crippen LogP contribution in [0.2, 0.25) is 0 Å². The summed E-state index contributed by atoms with van der Waals surface area (Å²) in [7, 11) is 3.33. The first-order valence-electron chi connectivity index (χ1n) is 8.43. The minimum Gasteiger partial charge on any atom is -0.482 e. The lowest BCUT2D eigenvalue weighted by molar-refractivity contribution is -0.130. The Balaban J connectivity index is 0.00000364. The van der Waals surface area contributed by atoms with Crippen LogP contribution in [0.1, 0.15) is 17.5 Å². The molecule has 0 spiro atoms. The summed E-state index contributed by atoms with van der Waals surface area (Å²) in [5, 5.41) is 2.85. The highest BCUT2D eigenvalue weighted by molar-refractivity contribution is 5.92. The van der Waals surface area contributed by atoms with Crippen LogP contribution in [0.3, 0.4) is 0 Å². The number of halogens is 1. The predicted octanol–water partition coefficient (Wildman–Crippen LogP) is 3.04. The van der Waals surface area contributed by atoms with Gasteiger partial charge in [0.1, 0.15) is 5.75 Å². The Morgan fingerprint density at radius 3 is 2.52 bits per heavy atom. The van der Waals surface area contributed by atoms with E-state index in [4.69, 9.17) is 10.5 Å². The maximum atomic E-state index is 12.3. The van der Waals surface area contributed by atoms with E-state index >= 15 is 0 Å². The number of nitrogens with two attached hydrogens (primary N) is 1. The van der Waals surface area contributed by atoms with E-state index in [9.17, 15) is 9.59 Å². The number of likely N-dealkylation sites (N-methyl/N-ethyl adjacent to an activating group) is 1. The fourth-order valence-electron chi connectivity index (χ4n) is 2.34. The molecule has 0 aliphatic carbocycles. The van der Waals surface area contributed by atoms with E-state index in [2.05, 4.69) is 5.32 Å². The van der Waals surface area contributed by atoms with Crippen LogP contribution < -0.4 is 15.8 Å². The summed E-state index contributed by atoms with van der Waals surface area (Å²) in [6, 6.07) is 13.0. The number of hydrogen-bond donors (Lipinski definition) is 2. The second-order valence-corrected chi connectivity index (χ2v) is 6.32. The summed E-state index contributed by atoms with van der Waals surface area (Å²) in [6.07, 6.45) is 0.859. The maximum Gasteiger partial charge on any atom is 0.259 e. The number of hydrogen-bond acceptors (Lipinski definition) is 4. The SMILES string of the molecule is Cc1ccc(NC(=O)CCc2ccccc2N)c(OCC(=O)N(C)C)c1.Cl. The summed E-state index contributed by atoms with van der Waals surface area (Å²) in [5.41, 5.74) is 9.06. The lowest BCUT2D eigenvalue weighted by atomic mass is 10.1. The van der Waals surface area contributed by atoms with Gasteiger partial charge in [0.15, 0.2) is 6.61 Å². The van der Waals surface area contributed by atoms with E-state index < -0.39 is 0 Å². The lowest BCUT2D eigenvalue weighted by Gasteiger charge is -2.15. The molecule has 0 heterocycles. The molecule has 0 atom stereocenters. The van der Waals surface area contributed by atoms with Gasteiger partial charge in [0, 0.05) is 26.2 Å². The normalized spacial score (nSPS) is 9.89. The molecule has 0 aliphatic rings. The zero-order chi connectivity index (χ0) is 19.1. The second-order valence-electron chi connectivity index (χ2n) is 6.32. The molecule has 2 aromatic rings. The van der Waals surface area contributed by atoms with Crippen molar-refractivity contribution >= 4 is 35.6 Å². The topological polar surface area (TPSA) is 84.7 Å². The number of carbonyl (C=O) groups is 2. The number of ether oxygens (including phenoxy) is 1. The van der Waals surface area contributed by atoms with Crippen molar-refractivity contribution in [2.24, 2.45) is 0 Å². The van der Waals surface area contributed by atoms with Gasteiger partial charge in [-0.2, -0.15) is 0 Å². The summed E-state index contributed by atoms with van der Waals surface area (Å²) in [5.74, 6) is 0.192. The van der Waals surface area contributed by atoms with Gasteiger partial charge in [0.2, 0.25) is 5.91 Å². The highest BCUT2D eigenvalue weighted by atomic mass is 35.5. The van der Waals surface area contributed by atoms with Gasteiger partial charge >= 0.3 is 0 Å². The number of amides is 2. The van der Waals surface area contributed by atoms with Gasteiger partial charge in [0.25, 0.3) is 5.91 Å². The molecule has 0 bridgehead atoms. The zero-order valence-electron chi connectivity index (χ0n) is 15.8. The van der Waals surface area contributed by atoms with Crippen LogP contribution in [0.15, 0.2) is 42.5 Å². The van der Waals surface area contributed by atoms with Crippen LogP contribution in [-0.2, 0) is 16.0 Å². The van der Waals surface area contributed by atoms with Crippen molar-refractivity contribution in [2.75, 3.05) is 31.8 Å². The zero-order valence-corrected chi connectivity index (χ0v) is 16.6. The molecule has 146 valence electrons. The van der Waals surface area contributed by atoms with Crippen molar-refractivity contribution in [3.63, 3.8) is 0 Å². The molecular weight excluding hydrogens is 366 g/mol. The summed E-state index contributed by atoms with van der Waals surface area (Å²) >= 11 is 0. The predicted molar refractivity (Wildman–Crippen MR) is 110 cm³/mol. The van der Waals surface area contributed by atoms with Crippen LogP contribution in [-0.4, -0.2) is 37.4 Å². The number of nitrogens with one attached hydrogen (secondary N) is 1. The molecule has 3 N–H and O–H groups in total. The first-order valence-corrected chi connectivity index (χ1v) is 8.43. The Morgan fingerprint density at radius 1 is 1.15 bits per heavy atom. The monoisotopic (exact) mass is 391 g/mol. The smallest absolute Gasteiger partial charge is 0.259 e. The minimum absolute atomic E-state index is 0. The molecule has 7 heteroatoms. The molecule has 6 nitrogen and oxygen atoms in total. The van der Waals surface area contributed by atoms with E-state index in [1.807, 2.05) is 37.3 Å². The highest BCUT2D eigenvalue weighted by Crippen LogP contribution is 2.26. The van der Waals surface area contributed by atoms with Crippen molar-refractivity contribution in [3.8, 4) is 5.75 Å². The van der Waals surface area contributed by atoms with Gasteiger partial charge in [-0.3, -0.25) is 9.59 Å². The molecule has 0 fully saturated rings. The number of para-hydroxylation sites is 1. The molecule has 27 heavy (non-hydrogen) atoms. The van der Waals surface area contributed by atoms with Crippen LogP contribution in [0.25, 0.3) is 0 Å². The Kier molecular flexibility index (Phi) is 8.62. The van der Waals surface area contributed by atoms with Gasteiger partial charge in [-0.05, 0) is 42.7 Å². The molecule has 0 aromatic heterocycles. The van der Waals surface area contributed by atoms with E-state index in [1.165, 1.54) is 4.90 Å². The fourth-order valence-corrected chi connectivity index (χ4v) is 2.34. The lowest BCUT2D eigenvalue weighted by Crippen LogP contribution is -2.27. The third-order valence-corrected chi connectivity index (χ3v) is 3.94. The standard InChI is InChI=1S/C20H25N3O3.ClH/c1-14-8-10-17(18(12-14)26-13-20(25)23(2)3)22-19(24)11-9-15-6-4-5-7-16(15)21;/h4-8,10,12H,9,11,13,21H2,1-3H3,(H,22,24);1H. The third-order valence-electron chi connectivity index (χ3n) is 3.94.